The van der Waals surface area contributed by atoms with Crippen molar-refractivity contribution < 1.29 is 14.6 Å². The van der Waals surface area contributed by atoms with Crippen molar-refractivity contribution in [1.29, 1.82) is 0 Å². The first-order valence-corrected chi connectivity index (χ1v) is 6.84. The normalized spacial score (nSPS) is 12.5. The lowest BCUT2D eigenvalue weighted by atomic mass is 10.2. The Kier molecular flexibility index (Phi) is 5.91. The summed E-state index contributed by atoms with van der Waals surface area (Å²) in [6, 6.07) is 1.34. The van der Waals surface area contributed by atoms with Gasteiger partial charge in [-0.05, 0) is 37.9 Å². The Morgan fingerprint density at radius 2 is 2.38 bits per heavy atom. The Hall–Kier alpha value is 0.0500. The summed E-state index contributed by atoms with van der Waals surface area (Å²) >= 11 is 8.03. The molecule has 1 amide bonds. The number of halogens is 2. The predicted octanol–water partition coefficient (Wildman–Crippen LogP) is 2.01. The number of methoxy groups -OCH3 is 1. The molecule has 1 rings (SSSR count). The molecule has 0 aromatic carbocycles. The molecule has 2 N–H and O–H groups in total. The van der Waals surface area contributed by atoms with Crippen LogP contribution in [-0.2, 0) is 4.74 Å². The minimum atomic E-state index is -0.386. The van der Waals surface area contributed by atoms with Gasteiger partial charge in [0.1, 0.15) is 0 Å². The van der Waals surface area contributed by atoms with Crippen molar-refractivity contribution >= 4 is 49.1 Å². The summed E-state index contributed by atoms with van der Waals surface area (Å²) in [5.41, 5.74) is 0.548. The molecule has 1 aromatic rings. The van der Waals surface area contributed by atoms with Crippen molar-refractivity contribution in [3.8, 4) is 0 Å². The molecule has 0 aliphatic rings. The highest BCUT2D eigenvalue weighted by Crippen LogP contribution is 2.31. The van der Waals surface area contributed by atoms with E-state index in [1.807, 2.05) is 0 Å². The molecule has 0 saturated carbocycles. The minimum absolute atomic E-state index is 0.150. The zero-order chi connectivity index (χ0) is 12.1. The third-order valence-electron chi connectivity index (χ3n) is 1.82. The number of carbonyl (C=O) groups excluding carboxylic acids is 1. The van der Waals surface area contributed by atoms with Crippen LogP contribution in [0.1, 0.15) is 10.4 Å². The minimum Gasteiger partial charge on any atom is -0.394 e. The Morgan fingerprint density at radius 3 is 2.81 bits per heavy atom. The number of hydrogen-bond acceptors (Lipinski definition) is 4. The van der Waals surface area contributed by atoms with Gasteiger partial charge in [-0.3, -0.25) is 4.79 Å². The molecule has 0 aliphatic carbocycles. The highest BCUT2D eigenvalue weighted by molar-refractivity contribution is 9.12. The lowest BCUT2D eigenvalue weighted by molar-refractivity contribution is 0.0839. The van der Waals surface area contributed by atoms with Crippen LogP contribution < -0.4 is 5.32 Å². The van der Waals surface area contributed by atoms with Crippen molar-refractivity contribution in [2.24, 2.45) is 0 Å². The maximum absolute atomic E-state index is 11.8. The number of hydrogen-bond donors (Lipinski definition) is 2. The number of thiophene rings is 1. The molecular formula is C9H11Br2NO3S. The zero-order valence-electron chi connectivity index (χ0n) is 8.50. The molecule has 0 saturated heterocycles. The van der Waals surface area contributed by atoms with Gasteiger partial charge in [-0.25, -0.2) is 0 Å². The highest BCUT2D eigenvalue weighted by atomic mass is 79.9. The zero-order valence-corrected chi connectivity index (χ0v) is 12.5. The standard InChI is InChI=1S/C9H11Br2NO3S/c1-15-4-5(3-13)12-9(14)6-2-7(10)16-8(6)11/h2,5,13H,3-4H2,1H3,(H,12,14). The fraction of sp³-hybridized carbons (Fsp3) is 0.444. The van der Waals surface area contributed by atoms with Crippen molar-refractivity contribution in [2.75, 3.05) is 20.3 Å². The number of nitrogens with one attached hydrogen (secondary N) is 1. The van der Waals surface area contributed by atoms with Gasteiger partial charge in [0, 0.05) is 7.11 Å². The van der Waals surface area contributed by atoms with Crippen LogP contribution in [0.4, 0.5) is 0 Å². The van der Waals surface area contributed by atoms with Gasteiger partial charge >= 0.3 is 0 Å². The van der Waals surface area contributed by atoms with Crippen LogP contribution in [0, 0.1) is 0 Å². The van der Waals surface area contributed by atoms with Crippen molar-refractivity contribution in [3.63, 3.8) is 0 Å². The molecule has 7 heteroatoms. The molecule has 0 fully saturated rings. The molecule has 1 atom stereocenters. The number of amides is 1. The third-order valence-corrected chi connectivity index (χ3v) is 4.16. The van der Waals surface area contributed by atoms with E-state index in [0.29, 0.717) is 5.56 Å². The second-order valence-electron chi connectivity index (χ2n) is 3.05. The Bertz CT molecular complexity index is 370. The summed E-state index contributed by atoms with van der Waals surface area (Å²) in [5, 5.41) is 11.7. The average Bonchev–Trinajstić information content (AvgIpc) is 2.57. The fourth-order valence-electron chi connectivity index (χ4n) is 1.10. The number of rotatable bonds is 5. The first-order chi connectivity index (χ1) is 7.58. The van der Waals surface area contributed by atoms with Crippen LogP contribution in [0.15, 0.2) is 13.6 Å². The fourth-order valence-corrected chi connectivity index (χ4v) is 3.89. The van der Waals surface area contributed by atoms with Gasteiger partial charge in [0.2, 0.25) is 0 Å². The van der Waals surface area contributed by atoms with Gasteiger partial charge in [-0.15, -0.1) is 11.3 Å². The first kappa shape index (κ1) is 14.1. The van der Waals surface area contributed by atoms with E-state index in [4.69, 9.17) is 9.84 Å². The van der Waals surface area contributed by atoms with Crippen LogP contribution in [0.3, 0.4) is 0 Å². The maximum Gasteiger partial charge on any atom is 0.253 e. The second kappa shape index (κ2) is 6.70. The van der Waals surface area contributed by atoms with Crippen LogP contribution in [-0.4, -0.2) is 37.4 Å². The summed E-state index contributed by atoms with van der Waals surface area (Å²) in [6.07, 6.45) is 0. The van der Waals surface area contributed by atoms with E-state index >= 15 is 0 Å². The Balaban J connectivity index is 2.67. The monoisotopic (exact) mass is 371 g/mol. The van der Waals surface area contributed by atoms with Crippen LogP contribution >= 0.6 is 43.2 Å². The maximum atomic E-state index is 11.8. The van der Waals surface area contributed by atoms with Crippen LogP contribution in [0.5, 0.6) is 0 Å². The van der Waals surface area contributed by atoms with Crippen molar-refractivity contribution in [3.05, 3.63) is 19.2 Å². The molecule has 1 aromatic heterocycles. The molecule has 0 aliphatic heterocycles. The number of carbonyl (C=O) groups is 1. The van der Waals surface area contributed by atoms with E-state index in [9.17, 15) is 4.79 Å². The number of aliphatic hydroxyl groups is 1. The van der Waals surface area contributed by atoms with E-state index in [-0.39, 0.29) is 25.2 Å². The Morgan fingerprint density at radius 1 is 1.69 bits per heavy atom. The summed E-state index contributed by atoms with van der Waals surface area (Å²) in [7, 11) is 1.52. The van der Waals surface area contributed by atoms with Crippen molar-refractivity contribution in [2.45, 2.75) is 6.04 Å². The summed E-state index contributed by atoms with van der Waals surface area (Å²) in [4.78, 5) is 11.8. The van der Waals surface area contributed by atoms with Gasteiger partial charge in [0.15, 0.2) is 0 Å². The number of aliphatic hydroxyl groups excluding tert-OH is 1. The number of ether oxygens (including phenoxy) is 1. The van der Waals surface area contributed by atoms with E-state index in [0.717, 1.165) is 7.57 Å². The molecule has 16 heavy (non-hydrogen) atoms. The average molecular weight is 373 g/mol. The summed E-state index contributed by atoms with van der Waals surface area (Å²) in [6.45, 7) is 0.133. The van der Waals surface area contributed by atoms with Gasteiger partial charge in [0.05, 0.1) is 32.4 Å². The van der Waals surface area contributed by atoms with E-state index in [2.05, 4.69) is 37.2 Å². The van der Waals surface area contributed by atoms with Gasteiger partial charge in [0.25, 0.3) is 5.91 Å². The largest absolute Gasteiger partial charge is 0.394 e. The molecule has 0 radical (unpaired) electrons. The molecule has 1 heterocycles. The van der Waals surface area contributed by atoms with E-state index in [1.165, 1.54) is 18.4 Å². The summed E-state index contributed by atoms with van der Waals surface area (Å²) in [5.74, 6) is -0.232. The van der Waals surface area contributed by atoms with E-state index in [1.54, 1.807) is 6.07 Å². The van der Waals surface area contributed by atoms with E-state index < -0.39 is 0 Å². The van der Waals surface area contributed by atoms with Gasteiger partial charge < -0.3 is 15.2 Å². The van der Waals surface area contributed by atoms with Crippen LogP contribution in [0.25, 0.3) is 0 Å². The third kappa shape index (κ3) is 3.81. The molecule has 90 valence electrons. The summed E-state index contributed by atoms with van der Waals surface area (Å²) < 4.78 is 6.50. The highest BCUT2D eigenvalue weighted by Gasteiger charge is 2.17. The quantitative estimate of drug-likeness (QED) is 0.831. The van der Waals surface area contributed by atoms with Gasteiger partial charge in [-0.2, -0.15) is 0 Å². The second-order valence-corrected chi connectivity index (χ2v) is 6.80. The molecular weight excluding hydrogens is 362 g/mol. The molecule has 0 bridgehead atoms. The van der Waals surface area contributed by atoms with Crippen LogP contribution in [0.2, 0.25) is 0 Å². The van der Waals surface area contributed by atoms with Crippen molar-refractivity contribution in [1.82, 2.24) is 5.32 Å². The molecule has 1 unspecified atom stereocenters. The lowest BCUT2D eigenvalue weighted by Gasteiger charge is -2.14. The SMILES string of the molecule is COCC(CO)NC(=O)c1cc(Br)sc1Br. The lowest BCUT2D eigenvalue weighted by Crippen LogP contribution is -2.40. The first-order valence-electron chi connectivity index (χ1n) is 4.44. The predicted molar refractivity (Wildman–Crippen MR) is 69.9 cm³/mol. The smallest absolute Gasteiger partial charge is 0.253 e. The van der Waals surface area contributed by atoms with Gasteiger partial charge in [-0.1, -0.05) is 0 Å². The molecule has 0 spiro atoms. The Labute approximate surface area is 114 Å². The topological polar surface area (TPSA) is 58.6 Å². The molecule has 4 nitrogen and oxygen atoms in total.